The number of rotatable bonds is 5. The lowest BCUT2D eigenvalue weighted by atomic mass is 10.0. The first-order valence-electron chi connectivity index (χ1n) is 6.98. The lowest BCUT2D eigenvalue weighted by Crippen LogP contribution is -2.09. The van der Waals surface area contributed by atoms with E-state index in [2.05, 4.69) is 22.2 Å². The second-order valence-electron chi connectivity index (χ2n) is 4.84. The quantitative estimate of drug-likeness (QED) is 0.882. The van der Waals surface area contributed by atoms with E-state index in [1.54, 1.807) is 0 Å². The second kappa shape index (κ2) is 6.98. The van der Waals surface area contributed by atoms with Crippen LogP contribution in [0.2, 0.25) is 0 Å². The van der Waals surface area contributed by atoms with Crippen molar-refractivity contribution in [3.63, 3.8) is 0 Å². The molecule has 1 aliphatic carbocycles. The molecule has 0 bridgehead atoms. The van der Waals surface area contributed by atoms with Crippen LogP contribution in [0.25, 0.3) is 0 Å². The summed E-state index contributed by atoms with van der Waals surface area (Å²) in [6, 6.07) is 2.04. The first-order chi connectivity index (χ1) is 8.81. The molecule has 0 aliphatic heterocycles. The number of hydrogen-bond acceptors (Lipinski definition) is 4. The molecular formula is C14H23N3S. The molecule has 0 radical (unpaired) electrons. The maximum atomic E-state index is 4.61. The van der Waals surface area contributed by atoms with Crippen LogP contribution in [0.5, 0.6) is 0 Å². The third kappa shape index (κ3) is 3.87. The molecule has 0 saturated heterocycles. The smallest absolute Gasteiger partial charge is 0.140 e. The average Bonchev–Trinajstić information content (AvgIpc) is 2.45. The van der Waals surface area contributed by atoms with Crippen LogP contribution in [0.4, 0.5) is 5.82 Å². The summed E-state index contributed by atoms with van der Waals surface area (Å²) in [5.74, 6) is 2.88. The van der Waals surface area contributed by atoms with Gasteiger partial charge in [-0.3, -0.25) is 0 Å². The summed E-state index contributed by atoms with van der Waals surface area (Å²) in [6.07, 6.45) is 7.93. The van der Waals surface area contributed by atoms with Crippen LogP contribution in [-0.2, 0) is 12.2 Å². The molecule has 1 fully saturated rings. The molecule has 1 saturated carbocycles. The minimum atomic E-state index is 0.825. The van der Waals surface area contributed by atoms with Crippen molar-refractivity contribution in [1.29, 1.82) is 0 Å². The molecule has 2 rings (SSSR count). The van der Waals surface area contributed by atoms with Gasteiger partial charge in [0, 0.05) is 24.1 Å². The maximum Gasteiger partial charge on any atom is 0.140 e. The Balaban J connectivity index is 1.94. The van der Waals surface area contributed by atoms with Gasteiger partial charge in [-0.05, 0) is 19.3 Å². The molecule has 4 heteroatoms. The zero-order chi connectivity index (χ0) is 12.8. The summed E-state index contributed by atoms with van der Waals surface area (Å²) in [5.41, 5.74) is 1.13. The number of nitrogens with one attached hydrogen (secondary N) is 1. The summed E-state index contributed by atoms with van der Waals surface area (Å²) in [6.45, 7) is 2.14. The fourth-order valence-corrected chi connectivity index (χ4v) is 3.53. The topological polar surface area (TPSA) is 37.8 Å². The highest BCUT2D eigenvalue weighted by molar-refractivity contribution is 7.99. The van der Waals surface area contributed by atoms with E-state index in [0.29, 0.717) is 0 Å². The summed E-state index contributed by atoms with van der Waals surface area (Å²) in [7, 11) is 1.92. The van der Waals surface area contributed by atoms with Gasteiger partial charge < -0.3 is 5.32 Å². The van der Waals surface area contributed by atoms with E-state index < -0.39 is 0 Å². The molecule has 1 N–H and O–H groups in total. The molecule has 3 nitrogen and oxygen atoms in total. The van der Waals surface area contributed by atoms with Gasteiger partial charge in [0.1, 0.15) is 11.6 Å². The zero-order valence-electron chi connectivity index (χ0n) is 11.4. The third-order valence-electron chi connectivity index (χ3n) is 3.44. The highest BCUT2D eigenvalue weighted by Gasteiger charge is 2.14. The number of aromatic nitrogens is 2. The van der Waals surface area contributed by atoms with Gasteiger partial charge in [0.05, 0.1) is 5.75 Å². The SMILES string of the molecule is CCc1cc(NC)nc(CSC2CCCCC2)n1. The van der Waals surface area contributed by atoms with Crippen LogP contribution in [-0.4, -0.2) is 22.3 Å². The number of anilines is 1. The lowest BCUT2D eigenvalue weighted by molar-refractivity contribution is 0.516. The monoisotopic (exact) mass is 265 g/mol. The van der Waals surface area contributed by atoms with E-state index in [4.69, 9.17) is 0 Å². The van der Waals surface area contributed by atoms with E-state index >= 15 is 0 Å². The van der Waals surface area contributed by atoms with E-state index in [1.807, 2.05) is 24.9 Å². The highest BCUT2D eigenvalue weighted by Crippen LogP contribution is 2.30. The van der Waals surface area contributed by atoms with Crippen molar-refractivity contribution >= 4 is 17.6 Å². The summed E-state index contributed by atoms with van der Waals surface area (Å²) >= 11 is 2.04. The van der Waals surface area contributed by atoms with Crippen LogP contribution in [0.15, 0.2) is 6.07 Å². The molecule has 18 heavy (non-hydrogen) atoms. The Labute approximate surface area is 114 Å². The van der Waals surface area contributed by atoms with Crippen LogP contribution in [0.3, 0.4) is 0 Å². The van der Waals surface area contributed by atoms with E-state index in [1.165, 1.54) is 32.1 Å². The minimum absolute atomic E-state index is 0.825. The van der Waals surface area contributed by atoms with Gasteiger partial charge in [0.2, 0.25) is 0 Å². The third-order valence-corrected chi connectivity index (χ3v) is 4.81. The number of aryl methyl sites for hydroxylation is 1. The second-order valence-corrected chi connectivity index (χ2v) is 6.12. The molecule has 0 spiro atoms. The Bertz CT molecular complexity index is 353. The van der Waals surface area contributed by atoms with Gasteiger partial charge in [-0.15, -0.1) is 0 Å². The van der Waals surface area contributed by atoms with Crippen molar-refractivity contribution in [1.82, 2.24) is 9.97 Å². The largest absolute Gasteiger partial charge is 0.373 e. The summed E-state index contributed by atoms with van der Waals surface area (Å²) in [5, 5.41) is 3.94. The van der Waals surface area contributed by atoms with Gasteiger partial charge in [-0.25, -0.2) is 9.97 Å². The molecular weight excluding hydrogens is 242 g/mol. The lowest BCUT2D eigenvalue weighted by Gasteiger charge is -2.20. The van der Waals surface area contributed by atoms with E-state index in [-0.39, 0.29) is 0 Å². The van der Waals surface area contributed by atoms with Crippen LogP contribution >= 0.6 is 11.8 Å². The molecule has 0 amide bonds. The minimum Gasteiger partial charge on any atom is -0.373 e. The zero-order valence-corrected chi connectivity index (χ0v) is 12.2. The van der Waals surface area contributed by atoms with Gasteiger partial charge in [-0.1, -0.05) is 26.2 Å². The fraction of sp³-hybridized carbons (Fsp3) is 0.714. The first kappa shape index (κ1) is 13.7. The van der Waals surface area contributed by atoms with Gasteiger partial charge in [-0.2, -0.15) is 11.8 Å². The molecule has 0 atom stereocenters. The van der Waals surface area contributed by atoms with Crippen molar-refractivity contribution < 1.29 is 0 Å². The Morgan fingerprint density at radius 3 is 2.72 bits per heavy atom. The molecule has 100 valence electrons. The van der Waals surface area contributed by atoms with Crippen molar-refractivity contribution in [2.45, 2.75) is 56.5 Å². The molecule has 0 unspecified atom stereocenters. The number of hydrogen-bond donors (Lipinski definition) is 1. The predicted octanol–water partition coefficient (Wildman–Crippen LogP) is 3.65. The van der Waals surface area contributed by atoms with Gasteiger partial charge in [0.25, 0.3) is 0 Å². The average molecular weight is 265 g/mol. The first-order valence-corrected chi connectivity index (χ1v) is 8.03. The summed E-state index contributed by atoms with van der Waals surface area (Å²) < 4.78 is 0. The summed E-state index contributed by atoms with van der Waals surface area (Å²) in [4.78, 5) is 9.15. The molecule has 1 heterocycles. The Kier molecular flexibility index (Phi) is 5.29. The Hall–Kier alpha value is -0.770. The molecule has 1 aliphatic rings. The maximum absolute atomic E-state index is 4.61. The fourth-order valence-electron chi connectivity index (χ4n) is 2.35. The van der Waals surface area contributed by atoms with Crippen molar-refractivity contribution in [3.05, 3.63) is 17.6 Å². The highest BCUT2D eigenvalue weighted by atomic mass is 32.2. The van der Waals surface area contributed by atoms with Crippen LogP contribution in [0, 0.1) is 0 Å². The van der Waals surface area contributed by atoms with Crippen molar-refractivity contribution in [3.8, 4) is 0 Å². The van der Waals surface area contributed by atoms with Gasteiger partial charge >= 0.3 is 0 Å². The van der Waals surface area contributed by atoms with E-state index in [0.717, 1.165) is 34.8 Å². The van der Waals surface area contributed by atoms with Crippen LogP contribution in [0.1, 0.15) is 50.5 Å². The van der Waals surface area contributed by atoms with Crippen LogP contribution < -0.4 is 5.32 Å². The number of nitrogens with zero attached hydrogens (tertiary/aromatic N) is 2. The van der Waals surface area contributed by atoms with Crippen molar-refractivity contribution in [2.24, 2.45) is 0 Å². The normalized spacial score (nSPS) is 16.8. The Morgan fingerprint density at radius 2 is 2.06 bits per heavy atom. The number of thioether (sulfide) groups is 1. The van der Waals surface area contributed by atoms with Gasteiger partial charge in [0.15, 0.2) is 0 Å². The Morgan fingerprint density at radius 1 is 1.28 bits per heavy atom. The molecule has 1 aromatic rings. The predicted molar refractivity (Wildman–Crippen MR) is 79.1 cm³/mol. The molecule has 0 aromatic carbocycles. The standard InChI is InChI=1S/C14H23N3S/c1-3-11-9-13(15-2)17-14(16-11)10-18-12-7-5-4-6-8-12/h9,12H,3-8,10H2,1-2H3,(H,15,16,17). The van der Waals surface area contributed by atoms with Crippen molar-refractivity contribution in [2.75, 3.05) is 12.4 Å². The molecule has 1 aromatic heterocycles. The van der Waals surface area contributed by atoms with E-state index in [9.17, 15) is 0 Å².